The van der Waals surface area contributed by atoms with Crippen molar-refractivity contribution in [3.63, 3.8) is 0 Å². The van der Waals surface area contributed by atoms with Crippen molar-refractivity contribution in [2.45, 2.75) is 200 Å². The number of esters is 3. The number of alkyl halides is 6. The third-order valence-electron chi connectivity index (χ3n) is 24.7. The molecular formula is C73H87F6KO18. The summed E-state index contributed by atoms with van der Waals surface area (Å²) >= 11 is 0. The third kappa shape index (κ3) is 12.5. The van der Waals surface area contributed by atoms with E-state index in [2.05, 4.69) is 0 Å². The summed E-state index contributed by atoms with van der Waals surface area (Å²) in [6.07, 6.45) is 5.65. The van der Waals surface area contributed by atoms with Gasteiger partial charge in [-0.3, -0.25) is 43.2 Å². The average molecular weight is 1410 g/mol. The second kappa shape index (κ2) is 28.3. The fourth-order valence-electron chi connectivity index (χ4n) is 20.3. The predicted molar refractivity (Wildman–Crippen MR) is 333 cm³/mol. The molecule has 12 rings (SSSR count). The maximum absolute atomic E-state index is 17.3. The number of carboxylic acid groups (broad SMARTS) is 1. The molecule has 98 heavy (non-hydrogen) atoms. The molecule has 0 heterocycles. The molecule has 12 aliphatic rings. The summed E-state index contributed by atoms with van der Waals surface area (Å²) in [5.74, 6) is -10.2. The molecule has 4 N–H and O–H groups in total. The summed E-state index contributed by atoms with van der Waals surface area (Å²) in [4.78, 5) is 117. The molecule has 7 saturated carbocycles. The van der Waals surface area contributed by atoms with E-state index in [-0.39, 0.29) is 149 Å². The fraction of sp³-hybridized carbons (Fsp3) is 0.644. The van der Waals surface area contributed by atoms with Gasteiger partial charge in [0.05, 0.1) is 24.2 Å². The van der Waals surface area contributed by atoms with E-state index in [0.717, 1.165) is 25.2 Å². The summed E-state index contributed by atoms with van der Waals surface area (Å²) in [5, 5.41) is 51.6. The number of ether oxygens (including phenoxy) is 3. The van der Waals surface area contributed by atoms with Crippen molar-refractivity contribution in [1.82, 2.24) is 0 Å². The summed E-state index contributed by atoms with van der Waals surface area (Å²) in [5.41, 5.74) is -12.6. The van der Waals surface area contributed by atoms with E-state index in [0.29, 0.717) is 30.4 Å². The molecule has 0 bridgehead atoms. The van der Waals surface area contributed by atoms with E-state index in [9.17, 15) is 63.6 Å². The predicted octanol–water partition coefficient (Wildman–Crippen LogP) is 4.51. The molecule has 0 spiro atoms. The van der Waals surface area contributed by atoms with E-state index in [1.54, 1.807) is 46.8 Å². The molecule has 0 amide bonds. The maximum Gasteiger partial charge on any atom is 1.00 e. The molecule has 0 aromatic carbocycles. The molecular weight excluding hydrogens is 1320 g/mol. The minimum absolute atomic E-state index is 0. The van der Waals surface area contributed by atoms with Gasteiger partial charge < -0.3 is 44.5 Å². The van der Waals surface area contributed by atoms with Crippen molar-refractivity contribution in [3.05, 3.63) is 94.7 Å². The van der Waals surface area contributed by atoms with E-state index in [1.807, 2.05) is 6.92 Å². The summed E-state index contributed by atoms with van der Waals surface area (Å²) in [6.45, 7) is 13.5. The zero-order valence-electron chi connectivity index (χ0n) is 57.1. The molecule has 0 unspecified atom stereocenters. The first-order valence-electron chi connectivity index (χ1n) is 33.2. The Morgan fingerprint density at radius 1 is 0.551 bits per heavy atom. The second-order valence-electron chi connectivity index (χ2n) is 29.9. The molecule has 530 valence electrons. The van der Waals surface area contributed by atoms with Gasteiger partial charge in [-0.2, -0.15) is 0 Å². The van der Waals surface area contributed by atoms with Crippen LogP contribution in [0.1, 0.15) is 140 Å². The second-order valence-corrected chi connectivity index (χ2v) is 29.9. The van der Waals surface area contributed by atoms with Crippen LogP contribution in [0.15, 0.2) is 94.7 Å². The first-order valence-corrected chi connectivity index (χ1v) is 33.2. The van der Waals surface area contributed by atoms with Gasteiger partial charge >= 0.3 is 69.3 Å². The number of carboxylic acids is 1. The summed E-state index contributed by atoms with van der Waals surface area (Å²) in [6, 6.07) is 0. The molecule has 12 aliphatic carbocycles. The van der Waals surface area contributed by atoms with E-state index in [4.69, 9.17) is 24.1 Å². The van der Waals surface area contributed by atoms with Crippen LogP contribution >= 0.6 is 0 Å². The molecule has 0 radical (unpaired) electrons. The molecule has 18 nitrogen and oxygen atoms in total. The smallest absolute Gasteiger partial charge is 0.550 e. The van der Waals surface area contributed by atoms with Gasteiger partial charge in [0.25, 0.3) is 0 Å². The van der Waals surface area contributed by atoms with Crippen LogP contribution in [0.2, 0.25) is 0 Å². The minimum Gasteiger partial charge on any atom is -0.550 e. The average Bonchev–Trinajstić information content (AvgIpc) is 1.21. The Balaban J connectivity index is 0.000000183. The van der Waals surface area contributed by atoms with Crippen LogP contribution in [0.4, 0.5) is 26.3 Å². The van der Waals surface area contributed by atoms with Gasteiger partial charge in [0.2, 0.25) is 0 Å². The van der Waals surface area contributed by atoms with Crippen molar-refractivity contribution in [2.24, 2.45) is 73.9 Å². The molecule has 0 aromatic rings. The summed E-state index contributed by atoms with van der Waals surface area (Å²) in [7, 11) is 0. The van der Waals surface area contributed by atoms with Gasteiger partial charge in [0, 0.05) is 76.6 Å². The van der Waals surface area contributed by atoms with Crippen LogP contribution in [0.5, 0.6) is 0 Å². The molecule has 0 saturated heterocycles. The standard InChI is InChI=1S/C27H34F2O7.C23H26F2O5.C21H24F2O4.C2H4O2.K/c1-5-6-23(34)36-21-11-16-17-10-19(28)18-9-15(31)7-8-26(18,4)27(17,29)22(33)12-25(16,3)24(21)20(32)13-35-14(2)30;1-12(26)30-11-19(28)15-5-4-14-16-9-18(24)17-8-13(27)6-7-22(17,3)23(16,25)20(29)10-21(14,15)2;1-19-9-18(27)21(23)14(12(19)3-4-13(19)17(26)10-24)8-16(22)15-7-11(25)5-6-20(15,21)2;1-2(3)4;/h7-9,16-17,19,21-22,24,33H,5-6,10-13H2,1-4H3;5-8,14,16,18,20,29H,4,9-11H2,1-3H3;4-7,12,14,16,18,24,27H,3,8-10H2,1-2H3;1H3,(H,3,4);/q;;;;+1/p-1/t16-,17-,19-,21+,22-,24-,25-,26-,27-;14-,16-,18-,20-,21-,22-,23-;12-,14-,16-,18-,19-,20-,21-;;/m000../s1. The number of hydrogen-bond acceptors (Lipinski definition) is 18. The van der Waals surface area contributed by atoms with Crippen molar-refractivity contribution < 1.29 is 165 Å². The van der Waals surface area contributed by atoms with Gasteiger partial charge in [-0.1, -0.05) is 58.1 Å². The zero-order chi connectivity index (χ0) is 72.0. The van der Waals surface area contributed by atoms with Crippen molar-refractivity contribution in [1.29, 1.82) is 0 Å². The molecule has 0 aromatic heterocycles. The topological polar surface area (TPSA) is 302 Å². The monoisotopic (exact) mass is 1400 g/mol. The Hall–Kier alpha value is -5.12. The number of carbonyl (C=O) groups is 10. The van der Waals surface area contributed by atoms with Crippen LogP contribution in [0, 0.1) is 73.9 Å². The first-order chi connectivity index (χ1) is 45.1. The summed E-state index contributed by atoms with van der Waals surface area (Å²) < 4.78 is 112. The Morgan fingerprint density at radius 3 is 1.28 bits per heavy atom. The van der Waals surface area contributed by atoms with Crippen LogP contribution in [0.25, 0.3) is 0 Å². The maximum atomic E-state index is 17.3. The third-order valence-corrected chi connectivity index (χ3v) is 24.7. The van der Waals surface area contributed by atoms with Crippen LogP contribution in [0.3, 0.4) is 0 Å². The normalized spacial score (nSPS) is 43.0. The number of carbonyl (C=O) groups excluding carboxylic acids is 10. The van der Waals surface area contributed by atoms with Crippen molar-refractivity contribution >= 4 is 58.6 Å². The largest absolute Gasteiger partial charge is 1.00 e. The Bertz CT molecular complexity index is 3590. The van der Waals surface area contributed by atoms with Crippen LogP contribution < -0.4 is 56.5 Å². The van der Waals surface area contributed by atoms with Crippen LogP contribution in [-0.2, 0) is 62.2 Å². The number of rotatable bonds is 11. The van der Waals surface area contributed by atoms with Gasteiger partial charge in [-0.05, 0) is 174 Å². The number of Topliss-reactive ketones (excluding diaryl/α,β-unsaturated/α-hetero) is 3. The number of aliphatic hydroxyl groups is 4. The number of aliphatic carboxylic acids is 1. The van der Waals surface area contributed by atoms with Gasteiger partial charge in [0.1, 0.15) is 37.8 Å². The number of ketones is 6. The Morgan fingerprint density at radius 2 is 0.908 bits per heavy atom. The number of aliphatic hydroxyl groups excluding tert-OH is 4. The minimum atomic E-state index is -2.30. The SMILES string of the molecule is CC(=O)OCC(=O)C1=CC[C@H]2[C@@H]3C[C@H](F)C4=CC(=O)C=C[C@]4(C)[C@@]3(F)[C@@H](O)C[C@]12C.CC(=O)[O-].CCCC(=O)O[C@@H]1C[C@H]2[C@@H]3C[C@H](F)C4=CC(=O)C=C[C@]4(C)[C@@]3(F)[C@@H](O)C[C@]2(C)[C@H]1C(=O)COC(C)=O.C[C@]12C=CC(=O)C=C1[C@@H](F)C[C@H]1[C@@H]3CC=C(C(=O)CO)[C@@]3(C)C[C@H](O)[C@@]12F.[K+]. The van der Waals surface area contributed by atoms with Crippen LogP contribution in [-0.4, -0.2) is 159 Å². The molecule has 23 atom stereocenters. The Kier molecular flexibility index (Phi) is 22.7. The first kappa shape index (κ1) is 78.6. The van der Waals surface area contributed by atoms with Gasteiger partial charge in [-0.25, -0.2) is 26.3 Å². The van der Waals surface area contributed by atoms with E-state index >= 15 is 26.3 Å². The number of fused-ring (bicyclic) bond motifs is 15. The van der Waals surface area contributed by atoms with Crippen molar-refractivity contribution in [3.8, 4) is 0 Å². The van der Waals surface area contributed by atoms with Crippen molar-refractivity contribution in [2.75, 3.05) is 19.8 Å². The molecule has 25 heteroatoms. The molecule has 7 fully saturated rings. The number of halogens is 6. The van der Waals surface area contributed by atoms with E-state index < -0.39 is 183 Å². The van der Waals surface area contributed by atoms with Gasteiger partial charge in [0.15, 0.2) is 58.3 Å². The number of allylic oxidation sites excluding steroid dienone is 14. The fourth-order valence-corrected chi connectivity index (χ4v) is 20.3. The quantitative estimate of drug-likeness (QED) is 0.0957. The van der Waals surface area contributed by atoms with Gasteiger partial charge in [-0.15, -0.1) is 0 Å². The zero-order valence-corrected chi connectivity index (χ0v) is 60.2. The Labute approximate surface area is 607 Å². The molecule has 0 aliphatic heterocycles. The number of hydrogen-bond donors (Lipinski definition) is 4. The van der Waals surface area contributed by atoms with E-state index in [1.165, 1.54) is 57.2 Å².